The number of hydrogen-bond acceptors (Lipinski definition) is 5. The van der Waals surface area contributed by atoms with E-state index in [-0.39, 0.29) is 25.3 Å². The molecule has 0 heterocycles. The van der Waals surface area contributed by atoms with Gasteiger partial charge in [-0.25, -0.2) is 4.79 Å². The summed E-state index contributed by atoms with van der Waals surface area (Å²) in [6.45, 7) is 8.97. The van der Waals surface area contributed by atoms with Gasteiger partial charge in [-0.2, -0.15) is 0 Å². The number of alkyl carbamates (subject to hydrolysis) is 1. The van der Waals surface area contributed by atoms with Gasteiger partial charge in [0.25, 0.3) is 5.79 Å². The van der Waals surface area contributed by atoms with E-state index >= 15 is 0 Å². The van der Waals surface area contributed by atoms with Gasteiger partial charge in [0.1, 0.15) is 0 Å². The maximum Gasteiger partial charge on any atom is 0.410 e. The van der Waals surface area contributed by atoms with Crippen LogP contribution in [0.3, 0.4) is 0 Å². The van der Waals surface area contributed by atoms with Crippen LogP contribution in [0.15, 0.2) is 0 Å². The van der Waals surface area contributed by atoms with Crippen molar-refractivity contribution in [1.29, 1.82) is 0 Å². The molecular formula is C16H29NO6. The fraction of sp³-hybridized carbons (Fsp3) is 0.812. The molecule has 0 aromatic heterocycles. The second-order valence-corrected chi connectivity index (χ2v) is 6.49. The molecule has 0 aromatic rings. The molecule has 0 spiro atoms. The van der Waals surface area contributed by atoms with Gasteiger partial charge in [-0.3, -0.25) is 9.59 Å². The molecule has 0 aromatic carbocycles. The molecule has 0 aliphatic heterocycles. The highest BCUT2D eigenvalue weighted by atomic mass is 16.7. The molecule has 2 N–H and O–H groups in total. The Morgan fingerprint density at radius 2 is 1.78 bits per heavy atom. The van der Waals surface area contributed by atoms with Crippen molar-refractivity contribution in [3.05, 3.63) is 0 Å². The number of carboxylic acid groups (broad SMARTS) is 1. The summed E-state index contributed by atoms with van der Waals surface area (Å²) in [6, 6.07) is 0. The van der Waals surface area contributed by atoms with E-state index in [2.05, 4.69) is 5.32 Å². The monoisotopic (exact) mass is 331 g/mol. The van der Waals surface area contributed by atoms with Gasteiger partial charge in [-0.05, 0) is 24.7 Å². The van der Waals surface area contributed by atoms with Crippen LogP contribution in [0.4, 0.5) is 4.79 Å². The number of rotatable bonds is 10. The molecule has 0 bridgehead atoms. The van der Waals surface area contributed by atoms with E-state index in [4.69, 9.17) is 14.6 Å². The first kappa shape index (κ1) is 21.2. The van der Waals surface area contributed by atoms with Gasteiger partial charge in [0.15, 0.2) is 0 Å². The van der Waals surface area contributed by atoms with Crippen LogP contribution in [0.25, 0.3) is 0 Å². The molecule has 1 amide bonds. The molecule has 0 radical (unpaired) electrons. The molecule has 134 valence electrons. The van der Waals surface area contributed by atoms with Crippen LogP contribution in [-0.4, -0.2) is 35.5 Å². The molecule has 7 nitrogen and oxygen atoms in total. The molecule has 23 heavy (non-hydrogen) atoms. The van der Waals surface area contributed by atoms with Gasteiger partial charge in [0.05, 0.1) is 0 Å². The van der Waals surface area contributed by atoms with Gasteiger partial charge < -0.3 is 19.9 Å². The third kappa shape index (κ3) is 11.4. The fourth-order valence-electron chi connectivity index (χ4n) is 2.19. The highest BCUT2D eigenvalue weighted by Crippen LogP contribution is 2.16. The van der Waals surface area contributed by atoms with Crippen molar-refractivity contribution in [3.8, 4) is 0 Å². The average molecular weight is 331 g/mol. The first-order valence-electron chi connectivity index (χ1n) is 7.96. The average Bonchev–Trinajstić information content (AvgIpc) is 2.33. The number of nitrogens with one attached hydrogen (secondary N) is 1. The smallest absolute Gasteiger partial charge is 0.410 e. The van der Waals surface area contributed by atoms with Crippen molar-refractivity contribution >= 4 is 18.0 Å². The van der Waals surface area contributed by atoms with Crippen LogP contribution in [-0.2, 0) is 19.1 Å². The summed E-state index contributed by atoms with van der Waals surface area (Å²) in [5.74, 6) is -2.56. The Kier molecular flexibility index (Phi) is 9.29. The Balaban J connectivity index is 4.39. The predicted octanol–water partition coefficient (Wildman–Crippen LogP) is 2.93. The molecule has 0 fully saturated rings. The SMILES string of the molecule is CCCC(=O)OC(C)(C)OC(=O)NCC(CC(=O)O)CC(C)C. The Morgan fingerprint density at radius 1 is 1.17 bits per heavy atom. The number of ether oxygens (including phenoxy) is 2. The fourth-order valence-corrected chi connectivity index (χ4v) is 2.19. The minimum atomic E-state index is -1.36. The Hall–Kier alpha value is -1.79. The molecule has 0 rings (SSSR count). The highest BCUT2D eigenvalue weighted by molar-refractivity contribution is 5.71. The van der Waals surface area contributed by atoms with Crippen molar-refractivity contribution in [2.45, 2.75) is 66.1 Å². The molecule has 1 atom stereocenters. The summed E-state index contributed by atoms with van der Waals surface area (Å²) in [6.07, 6.45) is 0.823. The zero-order chi connectivity index (χ0) is 18.0. The van der Waals surface area contributed by atoms with Crippen LogP contribution in [0.5, 0.6) is 0 Å². The lowest BCUT2D eigenvalue weighted by molar-refractivity contribution is -0.194. The molecule has 0 aliphatic carbocycles. The third-order valence-corrected chi connectivity index (χ3v) is 2.96. The van der Waals surface area contributed by atoms with Crippen molar-refractivity contribution < 1.29 is 29.0 Å². The van der Waals surface area contributed by atoms with Gasteiger partial charge in [-0.15, -0.1) is 0 Å². The Bertz CT molecular complexity index is 405. The third-order valence-electron chi connectivity index (χ3n) is 2.96. The summed E-state index contributed by atoms with van der Waals surface area (Å²) in [5.41, 5.74) is 0. The molecule has 7 heteroatoms. The number of amides is 1. The molecule has 1 unspecified atom stereocenters. The largest absolute Gasteiger partial charge is 0.481 e. The zero-order valence-electron chi connectivity index (χ0n) is 14.7. The minimum Gasteiger partial charge on any atom is -0.481 e. The quantitative estimate of drug-likeness (QED) is 0.471. The molecule has 0 saturated heterocycles. The van der Waals surface area contributed by atoms with Gasteiger partial charge >= 0.3 is 18.0 Å². The topological polar surface area (TPSA) is 102 Å². The second-order valence-electron chi connectivity index (χ2n) is 6.49. The Morgan fingerprint density at radius 3 is 2.26 bits per heavy atom. The number of carboxylic acids is 1. The Labute approximate surface area is 137 Å². The summed E-state index contributed by atoms with van der Waals surface area (Å²) in [5, 5.41) is 11.4. The van der Waals surface area contributed by atoms with E-state index < -0.39 is 23.8 Å². The maximum absolute atomic E-state index is 11.8. The maximum atomic E-state index is 11.8. The lowest BCUT2D eigenvalue weighted by atomic mass is 9.94. The summed E-state index contributed by atoms with van der Waals surface area (Å²) >= 11 is 0. The van der Waals surface area contributed by atoms with Crippen LogP contribution in [0.1, 0.15) is 60.3 Å². The first-order valence-corrected chi connectivity index (χ1v) is 7.96. The number of esters is 1. The van der Waals surface area contributed by atoms with Crippen LogP contribution >= 0.6 is 0 Å². The second kappa shape index (κ2) is 10.1. The van der Waals surface area contributed by atoms with E-state index in [1.807, 2.05) is 20.8 Å². The molecule has 0 aliphatic rings. The summed E-state index contributed by atoms with van der Waals surface area (Å²) in [7, 11) is 0. The van der Waals surface area contributed by atoms with Crippen molar-refractivity contribution in [2.75, 3.05) is 6.54 Å². The van der Waals surface area contributed by atoms with E-state index in [0.29, 0.717) is 18.8 Å². The van der Waals surface area contributed by atoms with Gasteiger partial charge in [-0.1, -0.05) is 20.8 Å². The normalized spacial score (nSPS) is 12.6. The van der Waals surface area contributed by atoms with Crippen molar-refractivity contribution in [1.82, 2.24) is 5.32 Å². The molecule has 0 saturated carbocycles. The lowest BCUT2D eigenvalue weighted by Crippen LogP contribution is -2.40. The number of aliphatic carboxylic acids is 1. The van der Waals surface area contributed by atoms with Gasteiger partial charge in [0, 0.05) is 33.2 Å². The van der Waals surface area contributed by atoms with Crippen LogP contribution in [0.2, 0.25) is 0 Å². The standard InChI is InChI=1S/C16H29NO6/c1-6-7-14(20)22-16(4,5)23-15(21)17-10-12(8-11(2)3)9-13(18)19/h11-12H,6-10H2,1-5H3,(H,17,21)(H,18,19). The first-order chi connectivity index (χ1) is 10.6. The van der Waals surface area contributed by atoms with Crippen LogP contribution in [0, 0.1) is 11.8 Å². The van der Waals surface area contributed by atoms with Crippen molar-refractivity contribution in [3.63, 3.8) is 0 Å². The lowest BCUT2D eigenvalue weighted by Gasteiger charge is -2.25. The minimum absolute atomic E-state index is 0.0205. The van der Waals surface area contributed by atoms with E-state index in [9.17, 15) is 14.4 Å². The van der Waals surface area contributed by atoms with Crippen LogP contribution < -0.4 is 5.32 Å². The van der Waals surface area contributed by atoms with E-state index in [0.717, 1.165) is 0 Å². The number of hydrogen-bond donors (Lipinski definition) is 2. The van der Waals surface area contributed by atoms with E-state index in [1.165, 1.54) is 13.8 Å². The molecular weight excluding hydrogens is 302 g/mol. The number of carbonyl (C=O) groups excluding carboxylic acids is 2. The zero-order valence-corrected chi connectivity index (χ0v) is 14.7. The summed E-state index contributed by atoms with van der Waals surface area (Å²) in [4.78, 5) is 34.1. The van der Waals surface area contributed by atoms with Crippen molar-refractivity contribution in [2.24, 2.45) is 11.8 Å². The summed E-state index contributed by atoms with van der Waals surface area (Å²) < 4.78 is 10.1. The highest BCUT2D eigenvalue weighted by Gasteiger charge is 2.27. The van der Waals surface area contributed by atoms with E-state index in [1.54, 1.807) is 0 Å². The predicted molar refractivity (Wildman–Crippen MR) is 84.8 cm³/mol. The number of carbonyl (C=O) groups is 3. The van der Waals surface area contributed by atoms with Gasteiger partial charge in [0.2, 0.25) is 0 Å².